The molecule has 24 heavy (non-hydrogen) atoms. The lowest BCUT2D eigenvalue weighted by atomic mass is 10.0. The molecule has 0 saturated heterocycles. The summed E-state index contributed by atoms with van der Waals surface area (Å²) >= 11 is 0. The highest BCUT2D eigenvalue weighted by Crippen LogP contribution is 2.34. The van der Waals surface area contributed by atoms with Crippen molar-refractivity contribution >= 4 is 11.6 Å². The summed E-state index contributed by atoms with van der Waals surface area (Å²) in [5.41, 5.74) is 6.76. The molecule has 8 nitrogen and oxygen atoms in total. The lowest BCUT2D eigenvalue weighted by Crippen LogP contribution is -2.39. The molecule has 3 rings (SSSR count). The van der Waals surface area contributed by atoms with Crippen molar-refractivity contribution in [1.29, 1.82) is 0 Å². The van der Waals surface area contributed by atoms with Crippen molar-refractivity contribution in [3.05, 3.63) is 33.4 Å². The van der Waals surface area contributed by atoms with E-state index in [9.17, 15) is 14.9 Å². The molecule has 0 unspecified atom stereocenters. The number of primary amides is 1. The number of rotatable bonds is 6. The van der Waals surface area contributed by atoms with E-state index in [1.165, 1.54) is 12.1 Å². The van der Waals surface area contributed by atoms with E-state index in [1.807, 2.05) is 4.90 Å². The van der Waals surface area contributed by atoms with E-state index in [-0.39, 0.29) is 31.7 Å². The molecule has 0 atom stereocenters. The number of carbonyl (C=O) groups excluding carboxylic acids is 1. The number of hydrogen-bond acceptors (Lipinski definition) is 6. The number of nitrogens with two attached hydrogens (primary N) is 1. The van der Waals surface area contributed by atoms with Gasteiger partial charge >= 0.3 is 0 Å². The number of amides is 1. The van der Waals surface area contributed by atoms with E-state index in [1.54, 1.807) is 0 Å². The number of nitro groups is 1. The number of non-ortho nitro benzene ring substituents is 1. The van der Waals surface area contributed by atoms with Gasteiger partial charge in [-0.15, -0.1) is 0 Å². The molecule has 1 amide bonds. The summed E-state index contributed by atoms with van der Waals surface area (Å²) in [5, 5.41) is 11.2. The molecule has 0 bridgehead atoms. The van der Waals surface area contributed by atoms with Crippen LogP contribution in [0, 0.1) is 10.1 Å². The number of benzene rings is 1. The lowest BCUT2D eigenvalue weighted by Gasteiger charge is -2.29. The molecule has 2 aliphatic rings. The van der Waals surface area contributed by atoms with Crippen LogP contribution in [0.4, 0.5) is 5.69 Å². The topological polar surface area (TPSA) is 108 Å². The Hall–Kier alpha value is -2.19. The maximum absolute atomic E-state index is 11.4. The van der Waals surface area contributed by atoms with Crippen molar-refractivity contribution in [1.82, 2.24) is 4.90 Å². The summed E-state index contributed by atoms with van der Waals surface area (Å²) in [6.45, 7) is 0.941. The van der Waals surface area contributed by atoms with Crippen LogP contribution in [-0.4, -0.2) is 35.1 Å². The minimum absolute atomic E-state index is 0.00305. The minimum Gasteiger partial charge on any atom is -0.467 e. The molecule has 1 aliphatic heterocycles. The Balaban J connectivity index is 1.91. The average Bonchev–Trinajstić information content (AvgIpc) is 3.08. The van der Waals surface area contributed by atoms with Crippen molar-refractivity contribution < 1.29 is 19.2 Å². The van der Waals surface area contributed by atoms with Gasteiger partial charge in [-0.2, -0.15) is 0 Å². The quantitative estimate of drug-likeness (QED) is 0.626. The Labute approximate surface area is 139 Å². The zero-order valence-electron chi connectivity index (χ0n) is 13.4. The van der Waals surface area contributed by atoms with Crippen molar-refractivity contribution in [3.63, 3.8) is 0 Å². The smallest absolute Gasteiger partial charge is 0.270 e. The Morgan fingerprint density at radius 1 is 1.38 bits per heavy atom. The Morgan fingerprint density at radius 3 is 2.79 bits per heavy atom. The third-order valence-corrected chi connectivity index (χ3v) is 4.56. The molecule has 2 N–H and O–H groups in total. The molecule has 1 aromatic carbocycles. The summed E-state index contributed by atoms with van der Waals surface area (Å²) in [7, 11) is 0. The summed E-state index contributed by atoms with van der Waals surface area (Å²) in [5.74, 6) is 0.227. The van der Waals surface area contributed by atoms with Gasteiger partial charge in [0.15, 0.2) is 6.79 Å². The molecule has 0 radical (unpaired) electrons. The number of hydrogen-bond donors (Lipinski definition) is 1. The first-order valence-electron chi connectivity index (χ1n) is 8.07. The summed E-state index contributed by atoms with van der Waals surface area (Å²) in [6, 6.07) is 3.27. The first kappa shape index (κ1) is 16.7. The van der Waals surface area contributed by atoms with Crippen LogP contribution < -0.4 is 10.5 Å². The van der Waals surface area contributed by atoms with Gasteiger partial charge in [0.05, 0.1) is 18.1 Å². The minimum atomic E-state index is -0.424. The molecule has 1 heterocycles. The van der Waals surface area contributed by atoms with Gasteiger partial charge in [0.2, 0.25) is 5.91 Å². The van der Waals surface area contributed by atoms with Gasteiger partial charge in [-0.1, -0.05) is 12.8 Å². The molecule has 8 heteroatoms. The number of ether oxygens (including phenoxy) is 2. The number of nitrogens with zero attached hydrogens (tertiary/aromatic N) is 2. The molecule has 0 spiro atoms. The largest absolute Gasteiger partial charge is 0.467 e. The maximum Gasteiger partial charge on any atom is 0.270 e. The lowest BCUT2D eigenvalue weighted by molar-refractivity contribution is -0.385. The third-order valence-electron chi connectivity index (χ3n) is 4.56. The number of nitro benzene ring substituents is 1. The van der Waals surface area contributed by atoms with Gasteiger partial charge in [0, 0.05) is 35.8 Å². The molecule has 130 valence electrons. The highest BCUT2D eigenvalue weighted by atomic mass is 16.7. The van der Waals surface area contributed by atoms with Crippen LogP contribution in [0.3, 0.4) is 0 Å². The van der Waals surface area contributed by atoms with Crippen LogP contribution in [0.15, 0.2) is 12.1 Å². The van der Waals surface area contributed by atoms with Crippen molar-refractivity contribution in [3.8, 4) is 5.75 Å². The predicted octanol–water partition coefficient (Wildman–Crippen LogP) is 1.69. The Kier molecular flexibility index (Phi) is 4.96. The Bertz CT molecular complexity index is 643. The van der Waals surface area contributed by atoms with Crippen molar-refractivity contribution in [2.45, 2.75) is 44.9 Å². The molecular weight excluding hydrogens is 314 g/mol. The highest BCUT2D eigenvalue weighted by Gasteiger charge is 2.27. The molecule has 1 fully saturated rings. The fourth-order valence-electron chi connectivity index (χ4n) is 3.51. The van der Waals surface area contributed by atoms with Gasteiger partial charge in [0.1, 0.15) is 5.75 Å². The summed E-state index contributed by atoms with van der Waals surface area (Å²) in [4.78, 5) is 24.2. The number of carbonyl (C=O) groups is 1. The fourth-order valence-corrected chi connectivity index (χ4v) is 3.51. The van der Waals surface area contributed by atoms with Crippen LogP contribution in [-0.2, 0) is 22.7 Å². The standard InChI is InChI=1S/C16H21N3O5/c17-15(20)8-18(13-3-1-2-4-13)7-11-5-14(19(21)22)6-12-9-23-10-24-16(11)12/h5-6,13H,1-4,7-10H2,(H2,17,20). The third kappa shape index (κ3) is 3.65. The molecular formula is C16H21N3O5. The fraction of sp³-hybridized carbons (Fsp3) is 0.562. The van der Waals surface area contributed by atoms with Crippen LogP contribution in [0.5, 0.6) is 5.75 Å². The monoisotopic (exact) mass is 335 g/mol. The van der Waals surface area contributed by atoms with E-state index >= 15 is 0 Å². The van der Waals surface area contributed by atoms with Crippen LogP contribution in [0.1, 0.15) is 36.8 Å². The van der Waals surface area contributed by atoms with Crippen LogP contribution >= 0.6 is 0 Å². The second kappa shape index (κ2) is 7.14. The molecule has 1 aliphatic carbocycles. The molecule has 1 aromatic rings. The van der Waals surface area contributed by atoms with E-state index in [0.717, 1.165) is 25.7 Å². The zero-order chi connectivity index (χ0) is 17.1. The van der Waals surface area contributed by atoms with Crippen LogP contribution in [0.25, 0.3) is 0 Å². The van der Waals surface area contributed by atoms with E-state index in [4.69, 9.17) is 15.2 Å². The van der Waals surface area contributed by atoms with E-state index < -0.39 is 10.8 Å². The zero-order valence-corrected chi connectivity index (χ0v) is 13.4. The average molecular weight is 335 g/mol. The van der Waals surface area contributed by atoms with E-state index in [0.29, 0.717) is 23.4 Å². The van der Waals surface area contributed by atoms with Gasteiger partial charge in [0.25, 0.3) is 5.69 Å². The normalized spacial score (nSPS) is 17.5. The van der Waals surface area contributed by atoms with Gasteiger partial charge < -0.3 is 15.2 Å². The molecule has 1 saturated carbocycles. The van der Waals surface area contributed by atoms with Crippen molar-refractivity contribution in [2.24, 2.45) is 5.73 Å². The summed E-state index contributed by atoms with van der Waals surface area (Å²) in [6.07, 6.45) is 4.26. The first-order valence-corrected chi connectivity index (χ1v) is 8.07. The summed E-state index contributed by atoms with van der Waals surface area (Å²) < 4.78 is 10.8. The van der Waals surface area contributed by atoms with Crippen LogP contribution in [0.2, 0.25) is 0 Å². The SMILES string of the molecule is NC(=O)CN(Cc1cc([N+](=O)[O-])cc2c1OCOC2)C1CCCC1. The van der Waals surface area contributed by atoms with Gasteiger partial charge in [-0.3, -0.25) is 19.8 Å². The second-order valence-corrected chi connectivity index (χ2v) is 6.27. The van der Waals surface area contributed by atoms with E-state index in [2.05, 4.69) is 0 Å². The predicted molar refractivity (Wildman–Crippen MR) is 85.2 cm³/mol. The second-order valence-electron chi connectivity index (χ2n) is 6.27. The highest BCUT2D eigenvalue weighted by molar-refractivity contribution is 5.76. The molecule has 0 aromatic heterocycles. The van der Waals surface area contributed by atoms with Crippen molar-refractivity contribution in [2.75, 3.05) is 13.3 Å². The maximum atomic E-state index is 11.4. The first-order chi connectivity index (χ1) is 11.5. The Morgan fingerprint density at radius 2 is 2.12 bits per heavy atom. The van der Waals surface area contributed by atoms with Gasteiger partial charge in [-0.05, 0) is 12.8 Å². The van der Waals surface area contributed by atoms with Gasteiger partial charge in [-0.25, -0.2) is 0 Å². The number of fused-ring (bicyclic) bond motifs is 1.